The van der Waals surface area contributed by atoms with Crippen molar-refractivity contribution < 1.29 is 13.2 Å². The van der Waals surface area contributed by atoms with Crippen molar-refractivity contribution in [2.24, 2.45) is 0 Å². The molecule has 0 unspecified atom stereocenters. The predicted octanol–water partition coefficient (Wildman–Crippen LogP) is 0.130. The van der Waals surface area contributed by atoms with Crippen LogP contribution in [-0.2, 0) is 14.8 Å². The van der Waals surface area contributed by atoms with Crippen LogP contribution in [0, 0.1) is 0 Å². The fourth-order valence-corrected chi connectivity index (χ4v) is 4.05. The van der Waals surface area contributed by atoms with E-state index in [-0.39, 0.29) is 17.4 Å². The zero-order valence-corrected chi connectivity index (χ0v) is 11.6. The van der Waals surface area contributed by atoms with Gasteiger partial charge in [0.2, 0.25) is 10.0 Å². The maximum Gasteiger partial charge on any atom is 0.216 e. The van der Waals surface area contributed by atoms with Gasteiger partial charge in [0, 0.05) is 33.3 Å². The first-order valence-electron chi connectivity index (χ1n) is 6.13. The zero-order chi connectivity index (χ0) is 12.6. The average Bonchev–Trinajstić information content (AvgIpc) is 3.06. The lowest BCUT2D eigenvalue weighted by atomic mass is 10.2. The van der Waals surface area contributed by atoms with Gasteiger partial charge in [0.1, 0.15) is 0 Å². The molecule has 0 spiro atoms. The van der Waals surface area contributed by atoms with Crippen molar-refractivity contribution in [3.63, 3.8) is 0 Å². The highest BCUT2D eigenvalue weighted by molar-refractivity contribution is 7.90. The van der Waals surface area contributed by atoms with Crippen molar-refractivity contribution in [3.8, 4) is 0 Å². The Kier molecular flexibility index (Phi) is 3.77. The van der Waals surface area contributed by atoms with Gasteiger partial charge in [-0.25, -0.2) is 12.7 Å². The van der Waals surface area contributed by atoms with Gasteiger partial charge in [0.05, 0.1) is 11.4 Å². The Balaban J connectivity index is 1.92. The van der Waals surface area contributed by atoms with E-state index in [1.807, 2.05) is 7.05 Å². The van der Waals surface area contributed by atoms with Crippen LogP contribution in [0.3, 0.4) is 0 Å². The van der Waals surface area contributed by atoms with Crippen molar-refractivity contribution in [1.29, 1.82) is 0 Å². The molecule has 100 valence electrons. The van der Waals surface area contributed by atoms with Gasteiger partial charge in [-0.1, -0.05) is 0 Å². The first-order chi connectivity index (χ1) is 7.95. The smallest absolute Gasteiger partial charge is 0.216 e. The summed E-state index contributed by atoms with van der Waals surface area (Å²) >= 11 is 0. The normalized spacial score (nSPS) is 31.3. The third-order valence-corrected chi connectivity index (χ3v) is 6.16. The third kappa shape index (κ3) is 2.81. The monoisotopic (exact) mass is 262 g/mol. The summed E-state index contributed by atoms with van der Waals surface area (Å²) in [4.78, 5) is 2.19. The molecule has 1 aliphatic heterocycles. The SMILES string of the molecule is CO[C@H]1C[C@@H](CN(C)S(=O)(=O)C2CC2)N(C)C1. The number of nitrogens with zero attached hydrogens (tertiary/aromatic N) is 2. The summed E-state index contributed by atoms with van der Waals surface area (Å²) in [5.74, 6) is 0. The van der Waals surface area contributed by atoms with Crippen LogP contribution in [0.15, 0.2) is 0 Å². The van der Waals surface area contributed by atoms with Crippen LogP contribution < -0.4 is 0 Å². The average molecular weight is 262 g/mol. The van der Waals surface area contributed by atoms with Crippen LogP contribution in [0.1, 0.15) is 19.3 Å². The maximum absolute atomic E-state index is 12.0. The largest absolute Gasteiger partial charge is 0.380 e. The molecule has 2 atom stereocenters. The maximum atomic E-state index is 12.0. The molecular weight excluding hydrogens is 240 g/mol. The molecule has 1 saturated heterocycles. The molecule has 2 fully saturated rings. The molecule has 1 saturated carbocycles. The molecule has 6 heteroatoms. The van der Waals surface area contributed by atoms with E-state index < -0.39 is 10.0 Å². The van der Waals surface area contributed by atoms with Crippen molar-refractivity contribution in [2.45, 2.75) is 36.7 Å². The summed E-state index contributed by atoms with van der Waals surface area (Å²) in [5.41, 5.74) is 0. The number of ether oxygens (including phenoxy) is 1. The summed E-state index contributed by atoms with van der Waals surface area (Å²) in [7, 11) is 2.40. The first kappa shape index (κ1) is 13.3. The van der Waals surface area contributed by atoms with Gasteiger partial charge in [-0.3, -0.25) is 4.90 Å². The summed E-state index contributed by atoms with van der Waals surface area (Å²) in [5, 5.41) is -0.113. The van der Waals surface area contributed by atoms with Gasteiger partial charge in [-0.05, 0) is 26.3 Å². The standard InChI is InChI=1S/C11H22N2O3S/c1-12-8-10(16-3)6-9(12)7-13(2)17(14,15)11-4-5-11/h9-11H,4-8H2,1-3H3/t9-,10-/m0/s1. The van der Waals surface area contributed by atoms with Gasteiger partial charge in [0.15, 0.2) is 0 Å². The molecule has 0 aromatic rings. The van der Waals surface area contributed by atoms with E-state index in [0.29, 0.717) is 6.54 Å². The first-order valence-corrected chi connectivity index (χ1v) is 7.63. The number of sulfonamides is 1. The second-order valence-electron chi connectivity index (χ2n) is 5.21. The Morgan fingerprint density at radius 2 is 2.06 bits per heavy atom. The lowest BCUT2D eigenvalue weighted by Gasteiger charge is -2.25. The molecule has 0 aromatic carbocycles. The minimum Gasteiger partial charge on any atom is -0.380 e. The molecule has 1 aliphatic carbocycles. The van der Waals surface area contributed by atoms with Gasteiger partial charge in [0.25, 0.3) is 0 Å². The summed E-state index contributed by atoms with van der Waals surface area (Å²) in [6.07, 6.45) is 2.81. The van der Waals surface area contributed by atoms with Crippen LogP contribution in [0.2, 0.25) is 0 Å². The van der Waals surface area contributed by atoms with Gasteiger partial charge >= 0.3 is 0 Å². The Labute approximate surface area is 104 Å². The van der Waals surface area contributed by atoms with Crippen molar-refractivity contribution in [3.05, 3.63) is 0 Å². The Hall–Kier alpha value is -0.170. The topological polar surface area (TPSA) is 49.9 Å². The van der Waals surface area contributed by atoms with Crippen LogP contribution in [-0.4, -0.2) is 69.3 Å². The molecule has 17 heavy (non-hydrogen) atoms. The van der Waals surface area contributed by atoms with E-state index in [0.717, 1.165) is 25.8 Å². The number of likely N-dealkylation sites (N-methyl/N-ethyl adjacent to an activating group) is 2. The minimum absolute atomic E-state index is 0.113. The van der Waals surface area contributed by atoms with Crippen LogP contribution in [0.4, 0.5) is 0 Å². The van der Waals surface area contributed by atoms with Crippen molar-refractivity contribution in [1.82, 2.24) is 9.21 Å². The second kappa shape index (κ2) is 4.84. The fraction of sp³-hybridized carbons (Fsp3) is 1.00. The summed E-state index contributed by atoms with van der Waals surface area (Å²) < 4.78 is 30.9. The Bertz CT molecular complexity index is 367. The van der Waals surface area contributed by atoms with E-state index in [2.05, 4.69) is 4.90 Å². The molecule has 0 aromatic heterocycles. The Morgan fingerprint density at radius 3 is 2.53 bits per heavy atom. The number of likely N-dealkylation sites (tertiary alicyclic amines) is 1. The van der Waals surface area contributed by atoms with E-state index in [9.17, 15) is 8.42 Å². The van der Waals surface area contributed by atoms with Crippen LogP contribution in [0.5, 0.6) is 0 Å². The number of rotatable bonds is 5. The number of methoxy groups -OCH3 is 1. The zero-order valence-electron chi connectivity index (χ0n) is 10.8. The minimum atomic E-state index is -3.04. The van der Waals surface area contributed by atoms with Gasteiger partial charge < -0.3 is 4.74 Å². The predicted molar refractivity (Wildman–Crippen MR) is 66.4 cm³/mol. The molecular formula is C11H22N2O3S. The lowest BCUT2D eigenvalue weighted by Crippen LogP contribution is -2.40. The highest BCUT2D eigenvalue weighted by Crippen LogP contribution is 2.31. The van der Waals surface area contributed by atoms with Gasteiger partial charge in [-0.15, -0.1) is 0 Å². The highest BCUT2D eigenvalue weighted by Gasteiger charge is 2.40. The summed E-state index contributed by atoms with van der Waals surface area (Å²) in [6, 6.07) is 0.276. The molecule has 2 aliphatic rings. The van der Waals surface area contributed by atoms with Crippen LogP contribution in [0.25, 0.3) is 0 Å². The molecule has 5 nitrogen and oxygen atoms in total. The fourth-order valence-electron chi connectivity index (χ4n) is 2.43. The Morgan fingerprint density at radius 1 is 1.41 bits per heavy atom. The quantitative estimate of drug-likeness (QED) is 0.707. The molecule has 2 rings (SSSR count). The number of hydrogen-bond acceptors (Lipinski definition) is 4. The molecule has 0 amide bonds. The highest BCUT2D eigenvalue weighted by atomic mass is 32.2. The summed E-state index contributed by atoms with van der Waals surface area (Å²) in [6.45, 7) is 1.47. The van der Waals surface area contributed by atoms with Crippen molar-refractivity contribution in [2.75, 3.05) is 34.3 Å². The molecule has 0 bridgehead atoms. The molecule has 0 radical (unpaired) electrons. The lowest BCUT2D eigenvalue weighted by molar-refractivity contribution is 0.111. The van der Waals surface area contributed by atoms with E-state index in [4.69, 9.17) is 4.74 Å². The van der Waals surface area contributed by atoms with E-state index in [1.165, 1.54) is 4.31 Å². The van der Waals surface area contributed by atoms with E-state index in [1.54, 1.807) is 14.2 Å². The third-order valence-electron chi connectivity index (χ3n) is 3.83. The number of hydrogen-bond donors (Lipinski definition) is 0. The van der Waals surface area contributed by atoms with E-state index >= 15 is 0 Å². The molecule has 1 heterocycles. The van der Waals surface area contributed by atoms with Gasteiger partial charge in [-0.2, -0.15) is 0 Å². The van der Waals surface area contributed by atoms with Crippen LogP contribution >= 0.6 is 0 Å². The van der Waals surface area contributed by atoms with Crippen molar-refractivity contribution >= 4 is 10.0 Å². The second-order valence-corrected chi connectivity index (χ2v) is 7.53. The molecule has 0 N–H and O–H groups in total.